The number of unbranched alkanes of at least 4 members (excludes halogenated alkanes) is 1. The number of carboxylic acids is 1. The number of carbonyl (C=O) groups excluding carboxylic acids is 2. The number of carboxylic acid groups (broad SMARTS) is 1. The molecule has 0 saturated heterocycles. The molecule has 1 aromatic rings. The lowest BCUT2D eigenvalue weighted by Crippen LogP contribution is -2.53. The van der Waals surface area contributed by atoms with Crippen molar-refractivity contribution in [1.29, 1.82) is 0 Å². The van der Waals surface area contributed by atoms with Crippen LogP contribution in [0.25, 0.3) is 0 Å². The first-order valence-corrected chi connectivity index (χ1v) is 8.38. The van der Waals surface area contributed by atoms with Gasteiger partial charge in [-0.1, -0.05) is 12.1 Å². The van der Waals surface area contributed by atoms with E-state index in [1.807, 2.05) is 0 Å². The third-order valence-electron chi connectivity index (χ3n) is 3.77. The van der Waals surface area contributed by atoms with Crippen molar-refractivity contribution in [3.05, 3.63) is 29.8 Å². The van der Waals surface area contributed by atoms with E-state index >= 15 is 0 Å². The molecule has 2 atom stereocenters. The van der Waals surface area contributed by atoms with Crippen LogP contribution in [0.5, 0.6) is 5.75 Å². The van der Waals surface area contributed by atoms with Crippen LogP contribution in [0.3, 0.4) is 0 Å². The van der Waals surface area contributed by atoms with Crippen molar-refractivity contribution in [3.63, 3.8) is 0 Å². The number of aliphatic carboxylic acids is 1. The highest BCUT2D eigenvalue weighted by Crippen LogP contribution is 2.12. The molecule has 0 saturated carbocycles. The molecule has 0 spiro atoms. The molecule has 0 aromatic heterocycles. The van der Waals surface area contributed by atoms with Gasteiger partial charge in [0.05, 0.1) is 6.54 Å². The molecular formula is C17H26N4O5. The smallest absolute Gasteiger partial charge is 0.326 e. The van der Waals surface area contributed by atoms with E-state index in [-0.39, 0.29) is 18.7 Å². The van der Waals surface area contributed by atoms with Crippen LogP contribution in [0, 0.1) is 0 Å². The van der Waals surface area contributed by atoms with Gasteiger partial charge in [-0.15, -0.1) is 0 Å². The van der Waals surface area contributed by atoms with Gasteiger partial charge in [-0.3, -0.25) is 9.59 Å². The van der Waals surface area contributed by atoms with Crippen LogP contribution in [-0.4, -0.2) is 53.2 Å². The molecule has 0 radical (unpaired) electrons. The minimum absolute atomic E-state index is 0.0434. The zero-order valence-corrected chi connectivity index (χ0v) is 14.5. The molecule has 9 nitrogen and oxygen atoms in total. The van der Waals surface area contributed by atoms with Crippen molar-refractivity contribution in [1.82, 2.24) is 10.6 Å². The average molecular weight is 366 g/mol. The lowest BCUT2D eigenvalue weighted by molar-refractivity contribution is -0.142. The van der Waals surface area contributed by atoms with Crippen molar-refractivity contribution in [2.75, 3.05) is 13.1 Å². The van der Waals surface area contributed by atoms with Gasteiger partial charge < -0.3 is 32.3 Å². The number of hydrogen-bond donors (Lipinski definition) is 6. The summed E-state index contributed by atoms with van der Waals surface area (Å²) in [6.07, 6.45) is 1.66. The number of benzene rings is 1. The van der Waals surface area contributed by atoms with Gasteiger partial charge in [0.25, 0.3) is 0 Å². The van der Waals surface area contributed by atoms with Gasteiger partial charge in [-0.2, -0.15) is 0 Å². The summed E-state index contributed by atoms with van der Waals surface area (Å²) in [5.41, 5.74) is 11.3. The zero-order valence-electron chi connectivity index (χ0n) is 14.5. The van der Waals surface area contributed by atoms with Gasteiger partial charge in [0.2, 0.25) is 11.8 Å². The quantitative estimate of drug-likeness (QED) is 0.275. The summed E-state index contributed by atoms with van der Waals surface area (Å²) in [5.74, 6) is -2.22. The summed E-state index contributed by atoms with van der Waals surface area (Å²) in [6.45, 7) is 0.189. The summed E-state index contributed by atoms with van der Waals surface area (Å²) in [5, 5.41) is 23.6. The van der Waals surface area contributed by atoms with Gasteiger partial charge in [0.15, 0.2) is 0 Å². The second-order valence-corrected chi connectivity index (χ2v) is 5.88. The predicted molar refractivity (Wildman–Crippen MR) is 95.3 cm³/mol. The molecule has 0 aliphatic rings. The van der Waals surface area contributed by atoms with Gasteiger partial charge in [0, 0.05) is 6.42 Å². The summed E-state index contributed by atoms with van der Waals surface area (Å²) in [6, 6.07) is 3.98. The van der Waals surface area contributed by atoms with Crippen molar-refractivity contribution >= 4 is 17.8 Å². The first-order valence-electron chi connectivity index (χ1n) is 8.38. The Hall–Kier alpha value is -2.65. The van der Waals surface area contributed by atoms with E-state index in [2.05, 4.69) is 10.6 Å². The van der Waals surface area contributed by atoms with Crippen LogP contribution in [-0.2, 0) is 20.8 Å². The number of rotatable bonds is 11. The fourth-order valence-electron chi connectivity index (χ4n) is 2.35. The molecule has 144 valence electrons. The van der Waals surface area contributed by atoms with E-state index in [0.29, 0.717) is 31.4 Å². The maximum atomic E-state index is 12.4. The van der Waals surface area contributed by atoms with Gasteiger partial charge in [0.1, 0.15) is 17.8 Å². The molecule has 9 heteroatoms. The van der Waals surface area contributed by atoms with Crippen molar-refractivity contribution in [3.8, 4) is 5.75 Å². The summed E-state index contributed by atoms with van der Waals surface area (Å²) >= 11 is 0. The number of aromatic hydroxyl groups is 1. The highest BCUT2D eigenvalue weighted by Gasteiger charge is 2.26. The molecule has 1 rings (SSSR count). The first kappa shape index (κ1) is 21.4. The van der Waals surface area contributed by atoms with Gasteiger partial charge in [-0.25, -0.2) is 4.79 Å². The van der Waals surface area contributed by atoms with E-state index in [4.69, 9.17) is 11.5 Å². The van der Waals surface area contributed by atoms with E-state index in [9.17, 15) is 24.6 Å². The van der Waals surface area contributed by atoms with Gasteiger partial charge >= 0.3 is 5.97 Å². The minimum Gasteiger partial charge on any atom is -0.508 e. The number of carbonyl (C=O) groups is 3. The fourth-order valence-corrected chi connectivity index (χ4v) is 2.35. The highest BCUT2D eigenvalue weighted by atomic mass is 16.4. The third kappa shape index (κ3) is 7.49. The number of phenols is 1. The second-order valence-electron chi connectivity index (χ2n) is 5.88. The largest absolute Gasteiger partial charge is 0.508 e. The third-order valence-corrected chi connectivity index (χ3v) is 3.77. The fraction of sp³-hybridized carbons (Fsp3) is 0.471. The van der Waals surface area contributed by atoms with Crippen molar-refractivity contribution in [2.24, 2.45) is 11.5 Å². The van der Waals surface area contributed by atoms with Gasteiger partial charge in [-0.05, 0) is 43.5 Å². The summed E-state index contributed by atoms with van der Waals surface area (Å²) in [4.78, 5) is 35.4. The Kier molecular flexibility index (Phi) is 9.10. The SMILES string of the molecule is NCCCCC(NC(=O)CN)C(=O)NC(Cc1ccc(O)cc1)C(=O)O. The first-order chi connectivity index (χ1) is 12.4. The molecular weight excluding hydrogens is 340 g/mol. The van der Waals surface area contributed by atoms with Crippen molar-refractivity contribution in [2.45, 2.75) is 37.8 Å². The lowest BCUT2D eigenvalue weighted by Gasteiger charge is -2.21. The number of nitrogens with two attached hydrogens (primary N) is 2. The second kappa shape index (κ2) is 11.1. The molecule has 2 amide bonds. The molecule has 26 heavy (non-hydrogen) atoms. The topological polar surface area (TPSA) is 168 Å². The van der Waals surface area contributed by atoms with Crippen LogP contribution in [0.4, 0.5) is 0 Å². The number of amides is 2. The van der Waals surface area contributed by atoms with E-state index in [1.165, 1.54) is 12.1 Å². The molecule has 0 aliphatic heterocycles. The Balaban J connectivity index is 2.77. The van der Waals surface area contributed by atoms with Crippen LogP contribution in [0.1, 0.15) is 24.8 Å². The van der Waals surface area contributed by atoms with Crippen LogP contribution < -0.4 is 22.1 Å². The lowest BCUT2D eigenvalue weighted by atomic mass is 10.0. The number of nitrogens with one attached hydrogen (secondary N) is 2. The summed E-state index contributed by atoms with van der Waals surface area (Å²) < 4.78 is 0. The monoisotopic (exact) mass is 366 g/mol. The molecule has 0 heterocycles. The minimum atomic E-state index is -1.20. The average Bonchev–Trinajstić information content (AvgIpc) is 2.61. The Bertz CT molecular complexity index is 606. The van der Waals surface area contributed by atoms with E-state index in [0.717, 1.165) is 0 Å². The molecule has 1 aromatic carbocycles. The Morgan fingerprint density at radius 1 is 1.00 bits per heavy atom. The Labute approximate surface area is 151 Å². The van der Waals surface area contributed by atoms with E-state index in [1.54, 1.807) is 12.1 Å². The van der Waals surface area contributed by atoms with Crippen molar-refractivity contribution < 1.29 is 24.6 Å². The van der Waals surface area contributed by atoms with Crippen LogP contribution in [0.2, 0.25) is 0 Å². The van der Waals surface area contributed by atoms with Crippen LogP contribution in [0.15, 0.2) is 24.3 Å². The molecule has 0 aliphatic carbocycles. The van der Waals surface area contributed by atoms with E-state index < -0.39 is 29.9 Å². The number of phenolic OH excluding ortho intramolecular Hbond substituents is 1. The molecule has 8 N–H and O–H groups in total. The maximum absolute atomic E-state index is 12.4. The standard InChI is InChI=1S/C17H26N4O5/c18-8-2-1-3-13(20-15(23)10-19)16(24)21-14(17(25)26)9-11-4-6-12(22)7-5-11/h4-7,13-14,22H,1-3,8-10,18-19H2,(H,20,23)(H,21,24)(H,25,26). The normalized spacial score (nSPS) is 12.8. The summed E-state index contributed by atoms with van der Waals surface area (Å²) in [7, 11) is 0. The van der Waals surface area contributed by atoms with Crippen LogP contribution >= 0.6 is 0 Å². The highest BCUT2D eigenvalue weighted by molar-refractivity contribution is 5.90. The number of hydrogen-bond acceptors (Lipinski definition) is 6. The maximum Gasteiger partial charge on any atom is 0.326 e. The zero-order chi connectivity index (χ0) is 19.5. The molecule has 2 unspecified atom stereocenters. The predicted octanol–water partition coefficient (Wildman–Crippen LogP) is -0.923. The molecule has 0 bridgehead atoms. The Morgan fingerprint density at radius 3 is 2.19 bits per heavy atom. The molecule has 0 fully saturated rings. The Morgan fingerprint density at radius 2 is 1.65 bits per heavy atom.